The van der Waals surface area contributed by atoms with Crippen molar-refractivity contribution in [2.75, 3.05) is 0 Å². The van der Waals surface area contributed by atoms with E-state index in [1.54, 1.807) is 0 Å². The van der Waals surface area contributed by atoms with Gasteiger partial charge in [0, 0.05) is 23.2 Å². The molecule has 0 aliphatic heterocycles. The minimum atomic E-state index is 0.419. The fourth-order valence-corrected chi connectivity index (χ4v) is 3.58. The highest BCUT2D eigenvalue weighted by molar-refractivity contribution is 6.20. The van der Waals surface area contributed by atoms with Gasteiger partial charge in [-0.15, -0.1) is 11.6 Å². The standard InChI is InChI=1S/C13H16ClN/c14-11-5-3-10(8-11)12-6-4-9-2-1-7-15-13(9)12/h1-2,7,10-12H,3-6,8H2. The van der Waals surface area contributed by atoms with Crippen molar-refractivity contribution in [1.29, 1.82) is 0 Å². The number of rotatable bonds is 1. The first-order valence-corrected chi connectivity index (χ1v) is 6.36. The number of aromatic nitrogens is 1. The van der Waals surface area contributed by atoms with E-state index in [0.717, 1.165) is 5.92 Å². The molecule has 1 nitrogen and oxygen atoms in total. The van der Waals surface area contributed by atoms with E-state index in [-0.39, 0.29) is 0 Å². The van der Waals surface area contributed by atoms with Gasteiger partial charge in [-0.1, -0.05) is 6.07 Å². The number of fused-ring (bicyclic) bond motifs is 1. The number of hydrogen-bond donors (Lipinski definition) is 0. The largest absolute Gasteiger partial charge is 0.261 e. The first-order valence-electron chi connectivity index (χ1n) is 5.92. The van der Waals surface area contributed by atoms with Crippen LogP contribution in [0.2, 0.25) is 0 Å². The minimum absolute atomic E-state index is 0.419. The van der Waals surface area contributed by atoms with Gasteiger partial charge < -0.3 is 0 Å². The minimum Gasteiger partial charge on any atom is -0.261 e. The van der Waals surface area contributed by atoms with Crippen molar-refractivity contribution < 1.29 is 0 Å². The lowest BCUT2D eigenvalue weighted by molar-refractivity contribution is 0.426. The zero-order valence-electron chi connectivity index (χ0n) is 8.82. The summed E-state index contributed by atoms with van der Waals surface area (Å²) in [6.07, 6.45) is 8.14. The SMILES string of the molecule is ClC1CCC(C2CCc3cccnc32)C1. The summed E-state index contributed by atoms with van der Waals surface area (Å²) in [7, 11) is 0. The Bertz CT molecular complexity index is 363. The van der Waals surface area contributed by atoms with E-state index in [0.29, 0.717) is 11.3 Å². The van der Waals surface area contributed by atoms with E-state index < -0.39 is 0 Å². The molecule has 0 bridgehead atoms. The van der Waals surface area contributed by atoms with E-state index in [9.17, 15) is 0 Å². The van der Waals surface area contributed by atoms with Gasteiger partial charge in [0.2, 0.25) is 0 Å². The van der Waals surface area contributed by atoms with Gasteiger partial charge in [0.1, 0.15) is 0 Å². The number of hydrogen-bond acceptors (Lipinski definition) is 1. The van der Waals surface area contributed by atoms with Crippen LogP contribution in [0.5, 0.6) is 0 Å². The van der Waals surface area contributed by atoms with Gasteiger partial charge in [0.15, 0.2) is 0 Å². The van der Waals surface area contributed by atoms with Crippen LogP contribution in [0.15, 0.2) is 18.3 Å². The smallest absolute Gasteiger partial charge is 0.0469 e. The van der Waals surface area contributed by atoms with Gasteiger partial charge in [0.25, 0.3) is 0 Å². The molecule has 15 heavy (non-hydrogen) atoms. The zero-order chi connectivity index (χ0) is 10.3. The average Bonchev–Trinajstić information content (AvgIpc) is 2.83. The van der Waals surface area contributed by atoms with Crippen LogP contribution in [-0.4, -0.2) is 10.4 Å². The van der Waals surface area contributed by atoms with E-state index in [1.807, 2.05) is 6.20 Å². The Balaban J connectivity index is 1.85. The highest BCUT2D eigenvalue weighted by Gasteiger charge is 2.35. The lowest BCUT2D eigenvalue weighted by Crippen LogP contribution is -2.08. The van der Waals surface area contributed by atoms with E-state index in [1.165, 1.54) is 43.4 Å². The molecule has 80 valence electrons. The van der Waals surface area contributed by atoms with Crippen molar-refractivity contribution in [2.45, 2.75) is 43.4 Å². The molecule has 0 aromatic carbocycles. The predicted octanol–water partition coefficient (Wildman–Crippen LogP) is 3.52. The predicted molar refractivity (Wildman–Crippen MR) is 62.3 cm³/mol. The Hall–Kier alpha value is -0.560. The second-order valence-corrected chi connectivity index (χ2v) is 5.48. The lowest BCUT2D eigenvalue weighted by Gasteiger charge is -2.18. The fraction of sp³-hybridized carbons (Fsp3) is 0.615. The molecule has 0 amide bonds. The molecule has 3 rings (SSSR count). The second-order valence-electron chi connectivity index (χ2n) is 4.86. The molecule has 0 radical (unpaired) electrons. The van der Waals surface area contributed by atoms with Crippen LogP contribution in [0.1, 0.15) is 42.9 Å². The number of halogens is 1. The van der Waals surface area contributed by atoms with Crippen LogP contribution in [0, 0.1) is 5.92 Å². The van der Waals surface area contributed by atoms with Crippen molar-refractivity contribution in [3.8, 4) is 0 Å². The third-order valence-corrected chi connectivity index (χ3v) is 4.38. The molecule has 1 aromatic heterocycles. The number of aryl methyl sites for hydroxylation is 1. The van der Waals surface area contributed by atoms with Crippen LogP contribution in [0.3, 0.4) is 0 Å². The van der Waals surface area contributed by atoms with Crippen molar-refractivity contribution in [1.82, 2.24) is 4.98 Å². The molecule has 2 aliphatic rings. The molecule has 0 spiro atoms. The maximum Gasteiger partial charge on any atom is 0.0469 e. The molecule has 2 aliphatic carbocycles. The third kappa shape index (κ3) is 1.67. The number of nitrogens with zero attached hydrogens (tertiary/aromatic N) is 1. The Kier molecular flexibility index (Phi) is 2.44. The Morgan fingerprint density at radius 3 is 3.00 bits per heavy atom. The topological polar surface area (TPSA) is 12.9 Å². The average molecular weight is 222 g/mol. The summed E-state index contributed by atoms with van der Waals surface area (Å²) in [4.78, 5) is 4.57. The van der Waals surface area contributed by atoms with Crippen LogP contribution >= 0.6 is 11.6 Å². The van der Waals surface area contributed by atoms with Gasteiger partial charge in [-0.2, -0.15) is 0 Å². The molecule has 3 unspecified atom stereocenters. The van der Waals surface area contributed by atoms with Crippen LogP contribution in [0.25, 0.3) is 0 Å². The fourth-order valence-electron chi connectivity index (χ4n) is 3.23. The molecule has 0 N–H and O–H groups in total. The quantitative estimate of drug-likeness (QED) is 0.662. The maximum absolute atomic E-state index is 6.19. The molecule has 1 heterocycles. The maximum atomic E-state index is 6.19. The first kappa shape index (κ1) is 9.65. The summed E-state index contributed by atoms with van der Waals surface area (Å²) in [5, 5.41) is 0.419. The summed E-state index contributed by atoms with van der Waals surface area (Å²) in [6, 6.07) is 4.29. The molecule has 2 heteroatoms. The third-order valence-electron chi connectivity index (χ3n) is 3.98. The highest BCUT2D eigenvalue weighted by atomic mass is 35.5. The summed E-state index contributed by atoms with van der Waals surface area (Å²) in [6.45, 7) is 0. The monoisotopic (exact) mass is 221 g/mol. The summed E-state index contributed by atoms with van der Waals surface area (Å²) >= 11 is 6.19. The van der Waals surface area contributed by atoms with Crippen LogP contribution in [0.4, 0.5) is 0 Å². The van der Waals surface area contributed by atoms with Crippen molar-refractivity contribution in [3.05, 3.63) is 29.6 Å². The molecule has 1 aromatic rings. The highest BCUT2D eigenvalue weighted by Crippen LogP contribution is 2.45. The lowest BCUT2D eigenvalue weighted by atomic mass is 9.89. The van der Waals surface area contributed by atoms with Crippen LogP contribution < -0.4 is 0 Å². The zero-order valence-corrected chi connectivity index (χ0v) is 9.58. The summed E-state index contributed by atoms with van der Waals surface area (Å²) in [5.74, 6) is 1.49. The van der Waals surface area contributed by atoms with E-state index >= 15 is 0 Å². The molecular formula is C13H16ClN. The first-order chi connectivity index (χ1) is 7.34. The molecular weight excluding hydrogens is 206 g/mol. The van der Waals surface area contributed by atoms with E-state index in [4.69, 9.17) is 11.6 Å². The molecule has 0 saturated heterocycles. The molecule has 3 atom stereocenters. The van der Waals surface area contributed by atoms with Gasteiger partial charge in [0.05, 0.1) is 0 Å². The normalized spacial score (nSPS) is 34.3. The van der Waals surface area contributed by atoms with Gasteiger partial charge in [-0.3, -0.25) is 4.98 Å². The van der Waals surface area contributed by atoms with Crippen molar-refractivity contribution in [2.24, 2.45) is 5.92 Å². The Labute approximate surface area is 95.9 Å². The number of pyridine rings is 1. The molecule has 1 fully saturated rings. The van der Waals surface area contributed by atoms with Crippen molar-refractivity contribution in [3.63, 3.8) is 0 Å². The summed E-state index contributed by atoms with van der Waals surface area (Å²) in [5.41, 5.74) is 2.84. The molecule has 1 saturated carbocycles. The van der Waals surface area contributed by atoms with E-state index in [2.05, 4.69) is 17.1 Å². The van der Waals surface area contributed by atoms with Gasteiger partial charge >= 0.3 is 0 Å². The van der Waals surface area contributed by atoms with Gasteiger partial charge in [-0.05, 0) is 49.7 Å². The summed E-state index contributed by atoms with van der Waals surface area (Å²) < 4.78 is 0. The van der Waals surface area contributed by atoms with Gasteiger partial charge in [-0.25, -0.2) is 0 Å². The number of alkyl halides is 1. The second kappa shape index (κ2) is 3.79. The van der Waals surface area contributed by atoms with Crippen molar-refractivity contribution >= 4 is 11.6 Å². The Morgan fingerprint density at radius 2 is 2.20 bits per heavy atom. The van der Waals surface area contributed by atoms with Crippen LogP contribution in [-0.2, 0) is 6.42 Å². The Morgan fingerprint density at radius 1 is 1.27 bits per heavy atom.